The highest BCUT2D eigenvalue weighted by Gasteiger charge is 2.35. The normalized spacial score (nSPS) is 25.1. The van der Waals surface area contributed by atoms with Crippen molar-refractivity contribution < 1.29 is 9.53 Å². The summed E-state index contributed by atoms with van der Waals surface area (Å²) >= 11 is 0. The van der Waals surface area contributed by atoms with E-state index in [1.165, 1.54) is 5.56 Å². The Morgan fingerprint density at radius 2 is 2.00 bits per heavy atom. The highest BCUT2D eigenvalue weighted by molar-refractivity contribution is 5.78. The van der Waals surface area contributed by atoms with Gasteiger partial charge in [0.15, 0.2) is 0 Å². The molecule has 1 saturated carbocycles. The quantitative estimate of drug-likeness (QED) is 0.779. The van der Waals surface area contributed by atoms with Crippen molar-refractivity contribution in [2.45, 2.75) is 39.4 Å². The first-order chi connectivity index (χ1) is 8.16. The number of ketones is 1. The van der Waals surface area contributed by atoms with Crippen molar-refractivity contribution in [2.75, 3.05) is 0 Å². The van der Waals surface area contributed by atoms with E-state index in [1.807, 2.05) is 25.1 Å². The minimum absolute atomic E-state index is 0.201. The summed E-state index contributed by atoms with van der Waals surface area (Å²) < 4.78 is 5.81. The Morgan fingerprint density at radius 3 is 2.59 bits per heavy atom. The Bertz CT molecular complexity index is 366. The van der Waals surface area contributed by atoms with Crippen LogP contribution in [0.4, 0.5) is 0 Å². The van der Waals surface area contributed by atoms with Gasteiger partial charge in [0.1, 0.15) is 5.78 Å². The highest BCUT2D eigenvalue weighted by atomic mass is 16.5. The van der Waals surface area contributed by atoms with Crippen LogP contribution in [0.1, 0.15) is 32.3 Å². The van der Waals surface area contributed by atoms with E-state index in [-0.39, 0.29) is 5.92 Å². The second kappa shape index (κ2) is 5.46. The topological polar surface area (TPSA) is 26.3 Å². The molecule has 92 valence electrons. The van der Waals surface area contributed by atoms with Crippen molar-refractivity contribution in [3.05, 3.63) is 35.9 Å². The van der Waals surface area contributed by atoms with Crippen LogP contribution in [0, 0.1) is 11.8 Å². The third-order valence-electron chi connectivity index (χ3n) is 3.81. The molecule has 0 aromatic heterocycles. The lowest BCUT2D eigenvalue weighted by Crippen LogP contribution is -2.37. The van der Waals surface area contributed by atoms with Gasteiger partial charge in [-0.15, -0.1) is 0 Å². The zero-order valence-electron chi connectivity index (χ0n) is 10.6. The molecule has 0 saturated heterocycles. The number of ether oxygens (including phenoxy) is 1. The summed E-state index contributed by atoms with van der Waals surface area (Å²) in [6.45, 7) is 4.40. The third-order valence-corrected chi connectivity index (χ3v) is 3.81. The van der Waals surface area contributed by atoms with Gasteiger partial charge in [0.25, 0.3) is 0 Å². The molecule has 1 aliphatic carbocycles. The van der Waals surface area contributed by atoms with Gasteiger partial charge in [0.05, 0.1) is 12.7 Å². The molecule has 1 atom stereocenters. The van der Waals surface area contributed by atoms with Gasteiger partial charge in [-0.3, -0.25) is 4.79 Å². The first-order valence-corrected chi connectivity index (χ1v) is 6.33. The van der Waals surface area contributed by atoms with Crippen molar-refractivity contribution in [3.8, 4) is 0 Å². The van der Waals surface area contributed by atoms with Crippen LogP contribution >= 0.6 is 0 Å². The summed E-state index contributed by atoms with van der Waals surface area (Å²) in [5.41, 5.74) is 1.22. The molecule has 1 fully saturated rings. The van der Waals surface area contributed by atoms with Crippen molar-refractivity contribution in [3.63, 3.8) is 0 Å². The smallest absolute Gasteiger partial charge is 0.132 e. The van der Waals surface area contributed by atoms with E-state index in [9.17, 15) is 4.79 Å². The van der Waals surface area contributed by atoms with E-state index in [0.29, 0.717) is 24.4 Å². The van der Waals surface area contributed by atoms with Crippen LogP contribution < -0.4 is 0 Å². The standard InChI is InChI=1S/C15H20O2/c1-11(12(2)16)14-8-15(9-14)17-10-13-6-4-3-5-7-13/h3-7,11,14-15H,8-10H2,1-2H3. The highest BCUT2D eigenvalue weighted by Crippen LogP contribution is 2.36. The molecule has 1 aliphatic rings. The lowest BCUT2D eigenvalue weighted by molar-refractivity contribution is -0.126. The van der Waals surface area contributed by atoms with Crippen LogP contribution in [0.5, 0.6) is 0 Å². The Labute approximate surface area is 103 Å². The fourth-order valence-electron chi connectivity index (χ4n) is 2.27. The molecule has 1 aromatic carbocycles. The van der Waals surface area contributed by atoms with E-state index in [2.05, 4.69) is 12.1 Å². The minimum atomic E-state index is 0.201. The Hall–Kier alpha value is -1.15. The zero-order valence-corrected chi connectivity index (χ0v) is 10.6. The van der Waals surface area contributed by atoms with Crippen LogP contribution in [-0.4, -0.2) is 11.9 Å². The lowest BCUT2D eigenvalue weighted by Gasteiger charge is -2.38. The number of hydrogen-bond donors (Lipinski definition) is 0. The van der Waals surface area contributed by atoms with Gasteiger partial charge < -0.3 is 4.74 Å². The lowest BCUT2D eigenvalue weighted by atomic mass is 9.73. The Kier molecular flexibility index (Phi) is 3.95. The Balaban J connectivity index is 1.70. The van der Waals surface area contributed by atoms with Gasteiger partial charge in [-0.1, -0.05) is 37.3 Å². The minimum Gasteiger partial charge on any atom is -0.374 e. The summed E-state index contributed by atoms with van der Waals surface area (Å²) in [5.74, 6) is 1.04. The molecular weight excluding hydrogens is 212 g/mol. The number of carbonyl (C=O) groups excluding carboxylic acids is 1. The van der Waals surface area contributed by atoms with Crippen LogP contribution in [0.15, 0.2) is 30.3 Å². The number of rotatable bonds is 5. The number of benzene rings is 1. The van der Waals surface area contributed by atoms with Gasteiger partial charge in [-0.05, 0) is 31.2 Å². The fraction of sp³-hybridized carbons (Fsp3) is 0.533. The average molecular weight is 232 g/mol. The van der Waals surface area contributed by atoms with Crippen LogP contribution in [0.3, 0.4) is 0 Å². The first kappa shape index (κ1) is 12.3. The SMILES string of the molecule is CC(=O)C(C)C1CC(OCc2ccccc2)C1. The molecule has 0 N–H and O–H groups in total. The number of Topliss-reactive ketones (excluding diaryl/α,β-unsaturated/α-hetero) is 1. The van der Waals surface area contributed by atoms with E-state index in [0.717, 1.165) is 12.8 Å². The van der Waals surface area contributed by atoms with Crippen LogP contribution in [0.25, 0.3) is 0 Å². The van der Waals surface area contributed by atoms with Gasteiger partial charge in [0.2, 0.25) is 0 Å². The molecule has 0 heterocycles. The molecule has 0 amide bonds. The maximum Gasteiger partial charge on any atom is 0.132 e. The van der Waals surface area contributed by atoms with E-state index in [4.69, 9.17) is 4.74 Å². The molecule has 1 aromatic rings. The monoisotopic (exact) mass is 232 g/mol. The largest absolute Gasteiger partial charge is 0.374 e. The molecule has 17 heavy (non-hydrogen) atoms. The van der Waals surface area contributed by atoms with Gasteiger partial charge in [-0.25, -0.2) is 0 Å². The van der Waals surface area contributed by atoms with Gasteiger partial charge >= 0.3 is 0 Å². The zero-order chi connectivity index (χ0) is 12.3. The number of hydrogen-bond acceptors (Lipinski definition) is 2. The van der Waals surface area contributed by atoms with E-state index in [1.54, 1.807) is 6.92 Å². The molecule has 0 radical (unpaired) electrons. The molecule has 2 rings (SSSR count). The summed E-state index contributed by atoms with van der Waals surface area (Å²) in [7, 11) is 0. The van der Waals surface area contributed by atoms with Crippen molar-refractivity contribution in [1.29, 1.82) is 0 Å². The molecule has 0 spiro atoms. The average Bonchev–Trinajstić information content (AvgIpc) is 2.28. The molecule has 2 nitrogen and oxygen atoms in total. The second-order valence-corrected chi connectivity index (χ2v) is 5.05. The van der Waals surface area contributed by atoms with Crippen LogP contribution in [0.2, 0.25) is 0 Å². The maximum atomic E-state index is 11.2. The first-order valence-electron chi connectivity index (χ1n) is 6.33. The molecule has 0 aliphatic heterocycles. The molecular formula is C15H20O2. The molecule has 1 unspecified atom stereocenters. The van der Waals surface area contributed by atoms with E-state index >= 15 is 0 Å². The van der Waals surface area contributed by atoms with E-state index < -0.39 is 0 Å². The van der Waals surface area contributed by atoms with Crippen molar-refractivity contribution in [2.24, 2.45) is 11.8 Å². The van der Waals surface area contributed by atoms with Crippen molar-refractivity contribution >= 4 is 5.78 Å². The second-order valence-electron chi connectivity index (χ2n) is 5.05. The van der Waals surface area contributed by atoms with Gasteiger partial charge in [0, 0.05) is 5.92 Å². The number of carbonyl (C=O) groups is 1. The Morgan fingerprint density at radius 1 is 1.35 bits per heavy atom. The fourth-order valence-corrected chi connectivity index (χ4v) is 2.27. The maximum absolute atomic E-state index is 11.2. The third kappa shape index (κ3) is 3.16. The predicted octanol–water partition coefficient (Wildman–Crippen LogP) is 3.21. The summed E-state index contributed by atoms with van der Waals surface area (Å²) in [5, 5.41) is 0. The predicted molar refractivity (Wildman–Crippen MR) is 67.6 cm³/mol. The summed E-state index contributed by atoms with van der Waals surface area (Å²) in [6, 6.07) is 10.2. The van der Waals surface area contributed by atoms with Crippen molar-refractivity contribution in [1.82, 2.24) is 0 Å². The summed E-state index contributed by atoms with van der Waals surface area (Å²) in [4.78, 5) is 11.2. The summed E-state index contributed by atoms with van der Waals surface area (Å²) in [6.07, 6.45) is 2.42. The van der Waals surface area contributed by atoms with Gasteiger partial charge in [-0.2, -0.15) is 0 Å². The van der Waals surface area contributed by atoms with Crippen LogP contribution in [-0.2, 0) is 16.1 Å². The molecule has 2 heteroatoms. The molecule has 0 bridgehead atoms.